The molecule has 0 saturated carbocycles. The van der Waals surface area contributed by atoms with E-state index in [-0.39, 0.29) is 27.9 Å². The summed E-state index contributed by atoms with van der Waals surface area (Å²) in [6.45, 7) is 4.70. The van der Waals surface area contributed by atoms with Gasteiger partial charge in [-0.15, -0.1) is 0 Å². The second-order valence-corrected chi connectivity index (χ2v) is 6.23. The highest BCUT2D eigenvalue weighted by Crippen LogP contribution is 2.26. The largest absolute Gasteiger partial charge is 0.462 e. The summed E-state index contributed by atoms with van der Waals surface area (Å²) in [7, 11) is 0. The lowest BCUT2D eigenvalue weighted by molar-refractivity contribution is 0.0472. The maximum absolute atomic E-state index is 12.4. The Balaban J connectivity index is 2.13. The van der Waals surface area contributed by atoms with Crippen LogP contribution in [0.25, 0.3) is 0 Å². The number of halogens is 2. The van der Waals surface area contributed by atoms with Crippen LogP contribution in [0.2, 0.25) is 10.0 Å². The predicted octanol–water partition coefficient (Wildman–Crippen LogP) is 4.15. The predicted molar refractivity (Wildman–Crippen MR) is 97.3 cm³/mol. The molecule has 8 heteroatoms. The standard InChI is InChI=1S/C18H17Cl2NO5/c1-4-25-18(24)14-9(2)16(21-10(14)3)13(22)8-26-17(23)11-6-5-7-12(19)15(11)20/h5-7,21H,4,8H2,1-3H3. The van der Waals surface area contributed by atoms with Gasteiger partial charge in [0.1, 0.15) is 0 Å². The van der Waals surface area contributed by atoms with E-state index >= 15 is 0 Å². The molecule has 0 radical (unpaired) electrons. The molecular weight excluding hydrogens is 381 g/mol. The van der Waals surface area contributed by atoms with E-state index in [0.717, 1.165) is 0 Å². The number of rotatable bonds is 6. The van der Waals surface area contributed by atoms with Crippen molar-refractivity contribution in [2.24, 2.45) is 0 Å². The lowest BCUT2D eigenvalue weighted by atomic mass is 10.1. The highest BCUT2D eigenvalue weighted by Gasteiger charge is 2.24. The van der Waals surface area contributed by atoms with Crippen molar-refractivity contribution in [1.82, 2.24) is 4.98 Å². The van der Waals surface area contributed by atoms with Crippen molar-refractivity contribution in [3.05, 3.63) is 56.3 Å². The van der Waals surface area contributed by atoms with Crippen molar-refractivity contribution in [3.63, 3.8) is 0 Å². The maximum Gasteiger partial charge on any atom is 0.340 e. The number of esters is 2. The number of H-pyrrole nitrogens is 1. The Hall–Kier alpha value is -2.31. The number of benzene rings is 1. The summed E-state index contributed by atoms with van der Waals surface area (Å²) in [4.78, 5) is 39.3. The van der Waals surface area contributed by atoms with E-state index in [1.807, 2.05) is 0 Å². The summed E-state index contributed by atoms with van der Waals surface area (Å²) in [5.41, 5.74) is 1.52. The van der Waals surface area contributed by atoms with E-state index in [0.29, 0.717) is 16.8 Å². The second kappa shape index (κ2) is 8.38. The molecule has 26 heavy (non-hydrogen) atoms. The van der Waals surface area contributed by atoms with E-state index in [1.54, 1.807) is 26.8 Å². The second-order valence-electron chi connectivity index (χ2n) is 5.45. The average Bonchev–Trinajstić information content (AvgIpc) is 2.89. The molecule has 1 N–H and O–H groups in total. The summed E-state index contributed by atoms with van der Waals surface area (Å²) in [6, 6.07) is 4.54. The van der Waals surface area contributed by atoms with Gasteiger partial charge in [0.05, 0.1) is 33.5 Å². The minimum absolute atomic E-state index is 0.0584. The van der Waals surface area contributed by atoms with Gasteiger partial charge in [-0.3, -0.25) is 4.79 Å². The molecule has 1 aromatic carbocycles. The van der Waals surface area contributed by atoms with Gasteiger partial charge in [0.25, 0.3) is 0 Å². The van der Waals surface area contributed by atoms with Gasteiger partial charge >= 0.3 is 11.9 Å². The average molecular weight is 398 g/mol. The molecule has 0 amide bonds. The first kappa shape index (κ1) is 20.0. The lowest BCUT2D eigenvalue weighted by Crippen LogP contribution is -2.16. The molecule has 0 aliphatic carbocycles. The molecule has 0 fully saturated rings. The third-order valence-electron chi connectivity index (χ3n) is 3.70. The number of aromatic amines is 1. The summed E-state index contributed by atoms with van der Waals surface area (Å²) in [6.07, 6.45) is 0. The number of carbonyl (C=O) groups excluding carboxylic acids is 3. The van der Waals surface area contributed by atoms with Gasteiger partial charge in [-0.1, -0.05) is 29.3 Å². The van der Waals surface area contributed by atoms with E-state index < -0.39 is 24.3 Å². The van der Waals surface area contributed by atoms with E-state index in [4.69, 9.17) is 32.7 Å². The van der Waals surface area contributed by atoms with Gasteiger partial charge in [0.2, 0.25) is 5.78 Å². The third-order valence-corrected chi connectivity index (χ3v) is 4.52. The van der Waals surface area contributed by atoms with Crippen LogP contribution < -0.4 is 0 Å². The summed E-state index contributed by atoms with van der Waals surface area (Å²) < 4.78 is 10.0. The highest BCUT2D eigenvalue weighted by atomic mass is 35.5. The molecule has 1 heterocycles. The fraction of sp³-hybridized carbons (Fsp3) is 0.278. The van der Waals surface area contributed by atoms with Gasteiger partial charge in [0, 0.05) is 5.69 Å². The van der Waals surface area contributed by atoms with Crippen LogP contribution in [-0.4, -0.2) is 35.9 Å². The molecule has 0 aliphatic rings. The van der Waals surface area contributed by atoms with Crippen molar-refractivity contribution in [2.75, 3.05) is 13.2 Å². The summed E-state index contributed by atoms with van der Waals surface area (Å²) >= 11 is 11.8. The fourth-order valence-corrected chi connectivity index (χ4v) is 2.86. The van der Waals surface area contributed by atoms with Crippen LogP contribution in [0.3, 0.4) is 0 Å². The van der Waals surface area contributed by atoms with Crippen molar-refractivity contribution in [2.45, 2.75) is 20.8 Å². The molecule has 6 nitrogen and oxygen atoms in total. The zero-order chi connectivity index (χ0) is 19.4. The van der Waals surface area contributed by atoms with Crippen LogP contribution in [0, 0.1) is 13.8 Å². The molecule has 0 saturated heterocycles. The van der Waals surface area contributed by atoms with E-state index in [2.05, 4.69) is 4.98 Å². The zero-order valence-electron chi connectivity index (χ0n) is 14.4. The number of aromatic nitrogens is 1. The van der Waals surface area contributed by atoms with Crippen LogP contribution in [-0.2, 0) is 9.47 Å². The van der Waals surface area contributed by atoms with Crippen LogP contribution >= 0.6 is 23.2 Å². The Bertz CT molecular complexity index is 873. The molecule has 0 atom stereocenters. The normalized spacial score (nSPS) is 10.5. The molecule has 0 unspecified atom stereocenters. The highest BCUT2D eigenvalue weighted by molar-refractivity contribution is 6.43. The van der Waals surface area contributed by atoms with Crippen molar-refractivity contribution in [3.8, 4) is 0 Å². The molecule has 0 aliphatic heterocycles. The van der Waals surface area contributed by atoms with Crippen LogP contribution in [0.15, 0.2) is 18.2 Å². The molecule has 2 aromatic rings. The molecule has 0 bridgehead atoms. The number of hydrogen-bond acceptors (Lipinski definition) is 5. The molecule has 0 spiro atoms. The monoisotopic (exact) mass is 397 g/mol. The molecule has 138 valence electrons. The van der Waals surface area contributed by atoms with Gasteiger partial charge in [-0.25, -0.2) is 9.59 Å². The van der Waals surface area contributed by atoms with E-state index in [9.17, 15) is 14.4 Å². The molecule has 2 rings (SSSR count). The first-order valence-corrected chi connectivity index (χ1v) is 8.54. The number of aryl methyl sites for hydroxylation is 1. The Kier molecular flexibility index (Phi) is 6.45. The minimum Gasteiger partial charge on any atom is -0.462 e. The van der Waals surface area contributed by atoms with Crippen LogP contribution in [0.5, 0.6) is 0 Å². The van der Waals surface area contributed by atoms with Crippen molar-refractivity contribution >= 4 is 40.9 Å². The van der Waals surface area contributed by atoms with E-state index in [1.165, 1.54) is 12.1 Å². The number of Topliss-reactive ketones (excluding diaryl/α,β-unsaturated/α-hetero) is 1. The van der Waals surface area contributed by atoms with Gasteiger partial charge in [-0.05, 0) is 38.5 Å². The van der Waals surface area contributed by atoms with Crippen LogP contribution in [0.4, 0.5) is 0 Å². The molecular formula is C18H17Cl2NO5. The third kappa shape index (κ3) is 4.08. The maximum atomic E-state index is 12.4. The van der Waals surface area contributed by atoms with Crippen molar-refractivity contribution < 1.29 is 23.9 Å². The number of nitrogens with one attached hydrogen (secondary N) is 1. The number of ketones is 1. The SMILES string of the molecule is CCOC(=O)c1c(C)[nH]c(C(=O)COC(=O)c2cccc(Cl)c2Cl)c1C. The number of carbonyl (C=O) groups is 3. The first-order valence-electron chi connectivity index (χ1n) is 7.78. The molecule has 1 aromatic heterocycles. The number of hydrogen-bond donors (Lipinski definition) is 1. The Labute approximate surface area is 160 Å². The summed E-state index contributed by atoms with van der Waals surface area (Å²) in [5.74, 6) is -1.76. The van der Waals surface area contributed by atoms with Gasteiger partial charge < -0.3 is 14.5 Å². The van der Waals surface area contributed by atoms with Crippen LogP contribution in [0.1, 0.15) is 49.4 Å². The quantitative estimate of drug-likeness (QED) is 0.584. The van der Waals surface area contributed by atoms with Gasteiger partial charge in [0.15, 0.2) is 6.61 Å². The Morgan fingerprint density at radius 2 is 1.77 bits per heavy atom. The number of ether oxygens (including phenoxy) is 2. The Morgan fingerprint density at radius 1 is 1.08 bits per heavy atom. The van der Waals surface area contributed by atoms with Crippen molar-refractivity contribution in [1.29, 1.82) is 0 Å². The zero-order valence-corrected chi connectivity index (χ0v) is 16.0. The fourth-order valence-electron chi connectivity index (χ4n) is 2.48. The Morgan fingerprint density at radius 3 is 2.42 bits per heavy atom. The smallest absolute Gasteiger partial charge is 0.340 e. The summed E-state index contributed by atoms with van der Waals surface area (Å²) in [5, 5.41) is 0.269. The first-order chi connectivity index (χ1) is 12.3. The minimum atomic E-state index is -0.766. The van der Waals surface area contributed by atoms with Gasteiger partial charge in [-0.2, -0.15) is 0 Å². The topological polar surface area (TPSA) is 85.5 Å². The lowest BCUT2D eigenvalue weighted by Gasteiger charge is -2.07.